The Morgan fingerprint density at radius 2 is 0.755 bits per heavy atom. The fraction of sp³-hybridized carbons (Fsp3) is 0. The average Bonchev–Trinajstić information content (AvgIpc) is 3.60. The Labute approximate surface area is 306 Å². The standard InChI is InChI=1S/C49H31N3O/c1-4-14-32(15-5-1)35-22-12-24-39(26-35)47-50-48(40-25-13-23-36(27-40)33-16-6-2-7-17-33)52-49(51-47)41-29-42(34-18-8-3-9-19-34)46-43-28-37-20-10-11-21-38(37)30-44(43)53-45(46)31-41/h1-31H. The third kappa shape index (κ3) is 5.73. The molecule has 4 heteroatoms. The van der Waals surface area contributed by atoms with Crippen molar-refractivity contribution in [3.05, 3.63) is 188 Å². The third-order valence-corrected chi connectivity index (χ3v) is 9.87. The lowest BCUT2D eigenvalue weighted by Crippen LogP contribution is -2.00. The molecule has 0 aliphatic heterocycles. The van der Waals surface area contributed by atoms with E-state index in [0.717, 1.165) is 77.4 Å². The maximum absolute atomic E-state index is 6.67. The summed E-state index contributed by atoms with van der Waals surface area (Å²) in [6, 6.07) is 65.1. The van der Waals surface area contributed by atoms with Gasteiger partial charge in [-0.3, -0.25) is 0 Å². The highest BCUT2D eigenvalue weighted by atomic mass is 16.3. The fourth-order valence-corrected chi connectivity index (χ4v) is 7.27. The largest absolute Gasteiger partial charge is 0.456 e. The monoisotopic (exact) mass is 677 g/mol. The van der Waals surface area contributed by atoms with Crippen molar-refractivity contribution in [1.29, 1.82) is 0 Å². The fourth-order valence-electron chi connectivity index (χ4n) is 7.27. The molecule has 0 N–H and O–H groups in total. The molecule has 2 aromatic heterocycles. The molecule has 0 unspecified atom stereocenters. The van der Waals surface area contributed by atoms with Gasteiger partial charge in [0.1, 0.15) is 11.2 Å². The second-order valence-electron chi connectivity index (χ2n) is 13.3. The number of furan rings is 1. The highest BCUT2D eigenvalue weighted by Gasteiger charge is 2.19. The highest BCUT2D eigenvalue weighted by molar-refractivity contribution is 6.16. The Hall–Kier alpha value is -7.17. The molecular weight excluding hydrogens is 647 g/mol. The molecule has 53 heavy (non-hydrogen) atoms. The first-order valence-corrected chi connectivity index (χ1v) is 17.8. The van der Waals surface area contributed by atoms with Gasteiger partial charge in [0.05, 0.1) is 0 Å². The van der Waals surface area contributed by atoms with E-state index in [0.29, 0.717) is 17.5 Å². The summed E-state index contributed by atoms with van der Waals surface area (Å²) in [7, 11) is 0. The van der Waals surface area contributed by atoms with Gasteiger partial charge in [0.2, 0.25) is 0 Å². The number of hydrogen-bond donors (Lipinski definition) is 0. The van der Waals surface area contributed by atoms with Crippen LogP contribution in [0.2, 0.25) is 0 Å². The minimum atomic E-state index is 0.574. The van der Waals surface area contributed by atoms with E-state index in [2.05, 4.69) is 170 Å². The molecule has 0 atom stereocenters. The van der Waals surface area contributed by atoms with E-state index in [4.69, 9.17) is 19.4 Å². The molecule has 8 aromatic carbocycles. The first kappa shape index (κ1) is 30.6. The molecule has 10 rings (SSSR count). The lowest BCUT2D eigenvalue weighted by molar-refractivity contribution is 0.669. The molecule has 0 aliphatic carbocycles. The minimum Gasteiger partial charge on any atom is -0.456 e. The normalized spacial score (nSPS) is 11.4. The Bertz CT molecular complexity index is 2830. The maximum Gasteiger partial charge on any atom is 0.164 e. The van der Waals surface area contributed by atoms with Crippen LogP contribution in [0.15, 0.2) is 192 Å². The van der Waals surface area contributed by atoms with Crippen molar-refractivity contribution in [2.24, 2.45) is 0 Å². The van der Waals surface area contributed by atoms with Gasteiger partial charge in [-0.2, -0.15) is 0 Å². The van der Waals surface area contributed by atoms with Crippen molar-refractivity contribution >= 4 is 32.7 Å². The summed E-state index contributed by atoms with van der Waals surface area (Å²) < 4.78 is 6.67. The number of aromatic nitrogens is 3. The Morgan fingerprint density at radius 1 is 0.302 bits per heavy atom. The minimum absolute atomic E-state index is 0.574. The highest BCUT2D eigenvalue weighted by Crippen LogP contribution is 2.41. The third-order valence-electron chi connectivity index (χ3n) is 9.87. The lowest BCUT2D eigenvalue weighted by atomic mass is 9.96. The van der Waals surface area contributed by atoms with Crippen LogP contribution in [0.4, 0.5) is 0 Å². The molecule has 2 heterocycles. The molecule has 248 valence electrons. The molecule has 0 bridgehead atoms. The summed E-state index contributed by atoms with van der Waals surface area (Å²) >= 11 is 0. The number of benzene rings is 8. The molecule has 0 spiro atoms. The second kappa shape index (κ2) is 12.9. The Kier molecular flexibility index (Phi) is 7.43. The van der Waals surface area contributed by atoms with Crippen molar-refractivity contribution in [3.63, 3.8) is 0 Å². The zero-order chi connectivity index (χ0) is 35.1. The van der Waals surface area contributed by atoms with Crippen LogP contribution in [-0.4, -0.2) is 15.0 Å². The van der Waals surface area contributed by atoms with Crippen molar-refractivity contribution in [2.75, 3.05) is 0 Å². The Balaban J connectivity index is 1.21. The van der Waals surface area contributed by atoms with Crippen LogP contribution in [0.1, 0.15) is 0 Å². The molecular formula is C49H31N3O. The van der Waals surface area contributed by atoms with Crippen molar-refractivity contribution < 1.29 is 4.42 Å². The van der Waals surface area contributed by atoms with Crippen LogP contribution in [0.5, 0.6) is 0 Å². The zero-order valence-corrected chi connectivity index (χ0v) is 28.6. The van der Waals surface area contributed by atoms with Crippen LogP contribution in [-0.2, 0) is 0 Å². The second-order valence-corrected chi connectivity index (χ2v) is 13.3. The molecule has 0 aliphatic rings. The number of fused-ring (bicyclic) bond motifs is 4. The number of hydrogen-bond acceptors (Lipinski definition) is 4. The van der Waals surface area contributed by atoms with Crippen LogP contribution >= 0.6 is 0 Å². The van der Waals surface area contributed by atoms with Gasteiger partial charge in [-0.1, -0.05) is 152 Å². The summed E-state index contributed by atoms with van der Waals surface area (Å²) in [5.74, 6) is 1.78. The van der Waals surface area contributed by atoms with E-state index in [1.165, 1.54) is 5.39 Å². The summed E-state index contributed by atoms with van der Waals surface area (Å²) in [6.45, 7) is 0. The van der Waals surface area contributed by atoms with E-state index < -0.39 is 0 Å². The molecule has 4 nitrogen and oxygen atoms in total. The van der Waals surface area contributed by atoms with Crippen LogP contribution in [0.3, 0.4) is 0 Å². The van der Waals surface area contributed by atoms with Gasteiger partial charge in [-0.05, 0) is 80.6 Å². The molecule has 10 aromatic rings. The van der Waals surface area contributed by atoms with Gasteiger partial charge >= 0.3 is 0 Å². The van der Waals surface area contributed by atoms with E-state index >= 15 is 0 Å². The van der Waals surface area contributed by atoms with Gasteiger partial charge in [0.15, 0.2) is 17.5 Å². The van der Waals surface area contributed by atoms with E-state index in [-0.39, 0.29) is 0 Å². The Morgan fingerprint density at radius 3 is 1.32 bits per heavy atom. The van der Waals surface area contributed by atoms with Gasteiger partial charge in [-0.25, -0.2) is 15.0 Å². The summed E-state index contributed by atoms with van der Waals surface area (Å²) in [4.78, 5) is 15.5. The van der Waals surface area contributed by atoms with Gasteiger partial charge in [-0.15, -0.1) is 0 Å². The SMILES string of the molecule is c1ccc(-c2cccc(-c3nc(-c4cccc(-c5ccccc5)c4)nc(-c4cc(-c5ccccc5)c5c(c4)oc4cc6ccccc6cc45)n3)c2)cc1. The predicted octanol–water partition coefficient (Wildman–Crippen LogP) is 12.9. The summed E-state index contributed by atoms with van der Waals surface area (Å²) in [5, 5.41) is 4.47. The van der Waals surface area contributed by atoms with Gasteiger partial charge < -0.3 is 4.42 Å². The lowest BCUT2D eigenvalue weighted by Gasteiger charge is -2.12. The number of rotatable bonds is 6. The molecule has 0 saturated carbocycles. The average molecular weight is 678 g/mol. The van der Waals surface area contributed by atoms with Gasteiger partial charge in [0.25, 0.3) is 0 Å². The summed E-state index contributed by atoms with van der Waals surface area (Å²) in [5.41, 5.74) is 10.9. The van der Waals surface area contributed by atoms with Crippen LogP contribution < -0.4 is 0 Å². The molecule has 0 amide bonds. The molecule has 0 radical (unpaired) electrons. The van der Waals surface area contributed by atoms with Crippen LogP contribution in [0.25, 0.3) is 100 Å². The zero-order valence-electron chi connectivity index (χ0n) is 28.6. The van der Waals surface area contributed by atoms with Crippen molar-refractivity contribution in [2.45, 2.75) is 0 Å². The van der Waals surface area contributed by atoms with E-state index in [9.17, 15) is 0 Å². The van der Waals surface area contributed by atoms with Crippen molar-refractivity contribution in [3.8, 4) is 67.5 Å². The van der Waals surface area contributed by atoms with E-state index in [1.54, 1.807) is 0 Å². The molecule has 0 fully saturated rings. The smallest absolute Gasteiger partial charge is 0.164 e. The van der Waals surface area contributed by atoms with Crippen molar-refractivity contribution in [1.82, 2.24) is 15.0 Å². The van der Waals surface area contributed by atoms with Gasteiger partial charge in [0, 0.05) is 27.5 Å². The maximum atomic E-state index is 6.67. The van der Waals surface area contributed by atoms with Crippen LogP contribution in [0, 0.1) is 0 Å². The number of nitrogens with zero attached hydrogens (tertiary/aromatic N) is 3. The molecule has 0 saturated heterocycles. The topological polar surface area (TPSA) is 51.8 Å². The quantitative estimate of drug-likeness (QED) is 0.176. The first-order valence-electron chi connectivity index (χ1n) is 17.8. The van der Waals surface area contributed by atoms with E-state index in [1.807, 2.05) is 18.2 Å². The summed E-state index contributed by atoms with van der Waals surface area (Å²) in [6.07, 6.45) is 0. The first-order chi connectivity index (χ1) is 26.2. The predicted molar refractivity (Wildman–Crippen MR) is 217 cm³/mol.